The number of para-hydroxylation sites is 2. The molecule has 0 aliphatic rings. The van der Waals surface area contributed by atoms with Crippen molar-refractivity contribution in [3.63, 3.8) is 0 Å². The SMILES string of the molecule is CCCCCCC#CCCCc1ccccc1/N=C(\C=N\c1ccccc1CCCC#CCCCCCC)CCCC.[Pd]. The fourth-order valence-corrected chi connectivity index (χ4v) is 4.85. The second kappa shape index (κ2) is 27.1. The Kier molecular flexibility index (Phi) is 24.4. The van der Waals surface area contributed by atoms with Crippen molar-refractivity contribution in [2.45, 2.75) is 143 Å². The summed E-state index contributed by atoms with van der Waals surface area (Å²) in [6, 6.07) is 17.1. The maximum absolute atomic E-state index is 5.13. The predicted octanol–water partition coefficient (Wildman–Crippen LogP) is 11.9. The van der Waals surface area contributed by atoms with Crippen LogP contribution in [0, 0.1) is 23.7 Å². The van der Waals surface area contributed by atoms with Crippen LogP contribution in [0.1, 0.15) is 141 Å². The minimum absolute atomic E-state index is 0. The molecule has 0 radical (unpaired) electrons. The molecule has 0 fully saturated rings. The molecule has 0 aliphatic carbocycles. The number of aryl methyl sites for hydroxylation is 2. The van der Waals surface area contributed by atoms with Gasteiger partial charge in [-0.15, -0.1) is 23.7 Å². The molecule has 2 aromatic carbocycles. The standard InChI is InChI=1S/C40H56N2.Pd/c1-4-7-10-12-14-16-18-20-22-28-36-30-24-26-33-39(36)41-35-38(32-9-6-3)42-40-34-27-25-31-37(40)29-23-21-19-17-15-13-11-8-5-2;/h24-27,30-31,33-35H,4-15,20-23,28-29,32H2,1-3H3;/b41-35+,42-38-;. The monoisotopic (exact) mass is 670 g/mol. The van der Waals surface area contributed by atoms with Crippen molar-refractivity contribution >= 4 is 23.3 Å². The summed E-state index contributed by atoms with van der Waals surface area (Å²) < 4.78 is 0. The molecule has 0 N–H and O–H groups in total. The summed E-state index contributed by atoms with van der Waals surface area (Å²) >= 11 is 0. The molecule has 0 amide bonds. The predicted molar refractivity (Wildman–Crippen MR) is 187 cm³/mol. The number of hydrogen-bond acceptors (Lipinski definition) is 2. The van der Waals surface area contributed by atoms with Gasteiger partial charge in [-0.25, -0.2) is 0 Å². The third-order valence-electron chi connectivity index (χ3n) is 7.44. The first kappa shape index (κ1) is 38.6. The molecule has 3 heteroatoms. The van der Waals surface area contributed by atoms with Gasteiger partial charge < -0.3 is 0 Å². The fraction of sp³-hybridized carbons (Fsp3) is 0.550. The molecule has 0 spiro atoms. The molecule has 2 aromatic rings. The second-order valence-corrected chi connectivity index (χ2v) is 11.3. The Hall–Kier alpha value is -2.44. The van der Waals surface area contributed by atoms with Crippen molar-refractivity contribution in [1.82, 2.24) is 0 Å². The van der Waals surface area contributed by atoms with E-state index in [4.69, 9.17) is 9.98 Å². The normalized spacial score (nSPS) is 11.0. The topological polar surface area (TPSA) is 24.7 Å². The van der Waals surface area contributed by atoms with Gasteiger partial charge in [0.05, 0.1) is 17.1 Å². The van der Waals surface area contributed by atoms with Crippen LogP contribution in [0.15, 0.2) is 58.5 Å². The molecule has 0 atom stereocenters. The van der Waals surface area contributed by atoms with Gasteiger partial charge in [0.25, 0.3) is 0 Å². The summed E-state index contributed by atoms with van der Waals surface area (Å²) in [7, 11) is 0. The van der Waals surface area contributed by atoms with Crippen LogP contribution in [0.2, 0.25) is 0 Å². The molecule has 0 bridgehead atoms. The summed E-state index contributed by atoms with van der Waals surface area (Å²) in [6.45, 7) is 6.74. The van der Waals surface area contributed by atoms with Crippen molar-refractivity contribution in [2.75, 3.05) is 0 Å². The summed E-state index contributed by atoms with van der Waals surface area (Å²) in [4.78, 5) is 10.1. The van der Waals surface area contributed by atoms with Crippen molar-refractivity contribution < 1.29 is 20.4 Å². The maximum Gasteiger partial charge on any atom is 0.0665 e. The van der Waals surface area contributed by atoms with Gasteiger partial charge in [0.15, 0.2) is 0 Å². The van der Waals surface area contributed by atoms with E-state index in [-0.39, 0.29) is 20.4 Å². The van der Waals surface area contributed by atoms with Gasteiger partial charge in [0, 0.05) is 52.3 Å². The Labute approximate surface area is 278 Å². The average molecular weight is 671 g/mol. The molecule has 0 aromatic heterocycles. The van der Waals surface area contributed by atoms with Crippen LogP contribution < -0.4 is 0 Å². The smallest absolute Gasteiger partial charge is 0.0665 e. The second-order valence-electron chi connectivity index (χ2n) is 11.3. The van der Waals surface area contributed by atoms with Crippen molar-refractivity contribution in [2.24, 2.45) is 9.98 Å². The molecule has 43 heavy (non-hydrogen) atoms. The van der Waals surface area contributed by atoms with E-state index in [1.165, 1.54) is 62.5 Å². The Morgan fingerprint density at radius 1 is 0.558 bits per heavy atom. The first-order chi connectivity index (χ1) is 20.8. The zero-order valence-electron chi connectivity index (χ0n) is 27.3. The molecular formula is C40H56N2Pd. The Balaban J connectivity index is 0.00000924. The van der Waals surface area contributed by atoms with Crippen LogP contribution in [0.4, 0.5) is 11.4 Å². The van der Waals surface area contributed by atoms with Crippen LogP contribution in [0.3, 0.4) is 0 Å². The number of aliphatic imine (C=N–C) groups is 2. The van der Waals surface area contributed by atoms with Crippen LogP contribution in [0.25, 0.3) is 0 Å². The largest absolute Gasteiger partial charge is 0.255 e. The molecular weight excluding hydrogens is 615 g/mol. The van der Waals surface area contributed by atoms with E-state index in [1.54, 1.807) is 0 Å². The van der Waals surface area contributed by atoms with E-state index >= 15 is 0 Å². The van der Waals surface area contributed by atoms with E-state index in [0.29, 0.717) is 0 Å². The van der Waals surface area contributed by atoms with E-state index in [2.05, 4.69) is 93.0 Å². The third kappa shape index (κ3) is 18.7. The average Bonchev–Trinajstić information content (AvgIpc) is 3.02. The Morgan fingerprint density at radius 2 is 1.02 bits per heavy atom. The van der Waals surface area contributed by atoms with Crippen LogP contribution in [-0.4, -0.2) is 11.9 Å². The van der Waals surface area contributed by atoms with Crippen molar-refractivity contribution in [3.05, 3.63) is 59.7 Å². The van der Waals surface area contributed by atoms with E-state index < -0.39 is 0 Å². The molecule has 0 saturated heterocycles. The molecule has 2 rings (SSSR count). The van der Waals surface area contributed by atoms with Crippen molar-refractivity contribution in [3.8, 4) is 23.7 Å². The van der Waals surface area contributed by atoms with Gasteiger partial charge in [-0.1, -0.05) is 102 Å². The van der Waals surface area contributed by atoms with Crippen LogP contribution in [-0.2, 0) is 33.3 Å². The Morgan fingerprint density at radius 3 is 1.56 bits per heavy atom. The van der Waals surface area contributed by atoms with Crippen LogP contribution >= 0.6 is 0 Å². The zero-order valence-corrected chi connectivity index (χ0v) is 28.9. The number of benzene rings is 2. The van der Waals surface area contributed by atoms with Gasteiger partial charge in [-0.3, -0.25) is 9.98 Å². The number of rotatable bonds is 20. The quantitative estimate of drug-likeness (QED) is 0.0580. The summed E-state index contributed by atoms with van der Waals surface area (Å²) in [5, 5.41) is 0. The number of hydrogen-bond donors (Lipinski definition) is 0. The zero-order chi connectivity index (χ0) is 29.9. The van der Waals surface area contributed by atoms with E-state index in [0.717, 1.165) is 87.7 Å². The summed E-state index contributed by atoms with van der Waals surface area (Å²) in [5.41, 5.74) is 5.77. The first-order valence-corrected chi connectivity index (χ1v) is 17.0. The number of nitrogens with zero attached hydrogens (tertiary/aromatic N) is 2. The van der Waals surface area contributed by atoms with E-state index in [1.807, 2.05) is 6.21 Å². The minimum Gasteiger partial charge on any atom is -0.255 e. The Bertz CT molecular complexity index is 1170. The number of unbranched alkanes of at least 4 members (excludes halogenated alkanes) is 11. The molecule has 0 heterocycles. The van der Waals surface area contributed by atoms with Gasteiger partial charge in [0.1, 0.15) is 0 Å². The first-order valence-electron chi connectivity index (χ1n) is 17.0. The van der Waals surface area contributed by atoms with Gasteiger partial charge in [-0.05, 0) is 74.6 Å². The van der Waals surface area contributed by atoms with Crippen molar-refractivity contribution in [1.29, 1.82) is 0 Å². The van der Waals surface area contributed by atoms with Gasteiger partial charge in [-0.2, -0.15) is 0 Å². The van der Waals surface area contributed by atoms with Gasteiger partial charge >= 0.3 is 0 Å². The molecule has 0 saturated carbocycles. The van der Waals surface area contributed by atoms with Crippen LogP contribution in [0.5, 0.6) is 0 Å². The molecule has 2 nitrogen and oxygen atoms in total. The molecule has 0 unspecified atom stereocenters. The minimum atomic E-state index is 0. The van der Waals surface area contributed by atoms with E-state index in [9.17, 15) is 0 Å². The third-order valence-corrected chi connectivity index (χ3v) is 7.44. The summed E-state index contributed by atoms with van der Waals surface area (Å²) in [5.74, 6) is 13.5. The molecule has 0 aliphatic heterocycles. The summed E-state index contributed by atoms with van der Waals surface area (Å²) in [6.07, 6.45) is 23.6. The maximum atomic E-state index is 5.13. The molecule has 236 valence electrons. The fourth-order valence-electron chi connectivity index (χ4n) is 4.85. The van der Waals surface area contributed by atoms with Gasteiger partial charge in [0.2, 0.25) is 0 Å².